The number of benzene rings is 1. The molecule has 0 atom stereocenters. The summed E-state index contributed by atoms with van der Waals surface area (Å²) in [6.07, 6.45) is 2.96. The average Bonchev–Trinajstić information content (AvgIpc) is 2.19. The Kier molecular flexibility index (Phi) is 4.06. The minimum atomic E-state index is 0.964. The minimum Gasteiger partial charge on any atom is -0.321 e. The number of anilines is 1. The van der Waals surface area contributed by atoms with E-state index < -0.39 is 0 Å². The first kappa shape index (κ1) is 9.81. The van der Waals surface area contributed by atoms with Crippen molar-refractivity contribution >= 4 is 11.8 Å². The molecule has 0 aliphatic heterocycles. The summed E-state index contributed by atoms with van der Waals surface area (Å²) in [6, 6.07) is 8.06. The first-order chi connectivity index (χ1) is 6.38. The van der Waals surface area contributed by atoms with Crippen molar-refractivity contribution in [3.63, 3.8) is 0 Å². The summed E-state index contributed by atoms with van der Waals surface area (Å²) in [5.41, 5.74) is 8.46. The van der Waals surface area contributed by atoms with Crippen LogP contribution < -0.4 is 10.9 Å². The van der Waals surface area contributed by atoms with Crippen LogP contribution >= 0.6 is 0 Å². The normalized spacial score (nSPS) is 9.62. The summed E-state index contributed by atoms with van der Waals surface area (Å²) in [6.45, 7) is 6.85. The van der Waals surface area contributed by atoms with Gasteiger partial charge in [-0.25, -0.2) is 5.43 Å². The third-order valence-electron chi connectivity index (χ3n) is 1.78. The molecule has 0 aliphatic carbocycles. The van der Waals surface area contributed by atoms with Crippen LogP contribution in [-0.2, 0) is 0 Å². The molecular formula is C11H16N2. The van der Waals surface area contributed by atoms with Crippen LogP contribution in [0.5, 0.6) is 0 Å². The molecule has 0 spiro atoms. The van der Waals surface area contributed by atoms with E-state index in [1.807, 2.05) is 30.3 Å². The van der Waals surface area contributed by atoms with Crippen molar-refractivity contribution in [3.8, 4) is 0 Å². The van der Waals surface area contributed by atoms with Gasteiger partial charge in [-0.2, -0.15) is 0 Å². The first-order valence-electron chi connectivity index (χ1n) is 4.58. The Balaban J connectivity index is 2.59. The molecule has 0 bridgehead atoms. The number of hydrazine groups is 1. The second-order valence-corrected chi connectivity index (χ2v) is 2.84. The molecule has 0 fully saturated rings. The van der Waals surface area contributed by atoms with Crippen molar-refractivity contribution in [1.29, 1.82) is 0 Å². The second kappa shape index (κ2) is 5.38. The number of para-hydroxylation sites is 1. The Morgan fingerprint density at radius 2 is 2.15 bits per heavy atom. The van der Waals surface area contributed by atoms with Crippen molar-refractivity contribution in [1.82, 2.24) is 5.43 Å². The SMILES string of the molecule is C=Cc1ccccc1NNCCC. The van der Waals surface area contributed by atoms with E-state index in [1.165, 1.54) is 0 Å². The number of rotatable bonds is 5. The maximum absolute atomic E-state index is 3.75. The van der Waals surface area contributed by atoms with Crippen molar-refractivity contribution in [2.45, 2.75) is 13.3 Å². The summed E-state index contributed by atoms with van der Waals surface area (Å²) in [5.74, 6) is 0. The van der Waals surface area contributed by atoms with Crippen LogP contribution in [-0.4, -0.2) is 6.54 Å². The zero-order chi connectivity index (χ0) is 9.52. The molecular weight excluding hydrogens is 160 g/mol. The molecule has 0 unspecified atom stereocenters. The van der Waals surface area contributed by atoms with Crippen LogP contribution in [0.25, 0.3) is 6.08 Å². The maximum Gasteiger partial charge on any atom is 0.0559 e. The topological polar surface area (TPSA) is 24.1 Å². The third-order valence-corrected chi connectivity index (χ3v) is 1.78. The maximum atomic E-state index is 3.75. The largest absolute Gasteiger partial charge is 0.321 e. The predicted molar refractivity (Wildman–Crippen MR) is 58.4 cm³/mol. The zero-order valence-corrected chi connectivity index (χ0v) is 8.01. The lowest BCUT2D eigenvalue weighted by Crippen LogP contribution is -2.22. The lowest BCUT2D eigenvalue weighted by molar-refractivity contribution is 0.761. The number of hydrogen-bond acceptors (Lipinski definition) is 2. The van der Waals surface area contributed by atoms with Gasteiger partial charge in [0.05, 0.1) is 5.69 Å². The van der Waals surface area contributed by atoms with E-state index in [9.17, 15) is 0 Å². The minimum absolute atomic E-state index is 0.964. The standard InChI is InChI=1S/C11H16N2/c1-3-9-12-13-11-8-6-5-7-10(11)4-2/h4-8,12-13H,2-3,9H2,1H3. The lowest BCUT2D eigenvalue weighted by atomic mass is 10.2. The van der Waals surface area contributed by atoms with Crippen LogP contribution in [0.15, 0.2) is 30.8 Å². The molecule has 2 nitrogen and oxygen atoms in total. The fourth-order valence-corrected chi connectivity index (χ4v) is 1.07. The Labute approximate surface area is 79.6 Å². The van der Waals surface area contributed by atoms with Gasteiger partial charge >= 0.3 is 0 Å². The molecule has 0 aliphatic rings. The smallest absolute Gasteiger partial charge is 0.0559 e. The molecule has 2 heteroatoms. The molecule has 0 amide bonds. The van der Waals surface area contributed by atoms with Crippen molar-refractivity contribution in [2.24, 2.45) is 0 Å². The van der Waals surface area contributed by atoms with Gasteiger partial charge in [0, 0.05) is 6.54 Å². The van der Waals surface area contributed by atoms with Gasteiger partial charge in [-0.3, -0.25) is 0 Å². The molecule has 1 aromatic carbocycles. The molecule has 1 rings (SSSR count). The van der Waals surface area contributed by atoms with E-state index in [2.05, 4.69) is 24.4 Å². The van der Waals surface area contributed by atoms with Gasteiger partial charge in [0.2, 0.25) is 0 Å². The highest BCUT2D eigenvalue weighted by Crippen LogP contribution is 2.14. The monoisotopic (exact) mass is 176 g/mol. The van der Waals surface area contributed by atoms with Gasteiger partial charge in [-0.15, -0.1) is 0 Å². The van der Waals surface area contributed by atoms with Crippen molar-refractivity contribution < 1.29 is 0 Å². The van der Waals surface area contributed by atoms with Gasteiger partial charge < -0.3 is 5.43 Å². The van der Waals surface area contributed by atoms with Crippen LogP contribution in [0.3, 0.4) is 0 Å². The van der Waals surface area contributed by atoms with E-state index >= 15 is 0 Å². The molecule has 0 saturated heterocycles. The molecule has 0 heterocycles. The highest BCUT2D eigenvalue weighted by atomic mass is 15.3. The molecule has 70 valence electrons. The number of hydrogen-bond donors (Lipinski definition) is 2. The fourth-order valence-electron chi connectivity index (χ4n) is 1.07. The molecule has 0 aromatic heterocycles. The van der Waals surface area contributed by atoms with E-state index in [0.29, 0.717) is 0 Å². The van der Waals surface area contributed by atoms with Gasteiger partial charge in [0.1, 0.15) is 0 Å². The van der Waals surface area contributed by atoms with Gasteiger partial charge in [0.15, 0.2) is 0 Å². The van der Waals surface area contributed by atoms with Crippen LogP contribution in [0.1, 0.15) is 18.9 Å². The zero-order valence-electron chi connectivity index (χ0n) is 8.01. The summed E-state index contributed by atoms with van der Waals surface area (Å²) in [4.78, 5) is 0. The number of nitrogens with one attached hydrogen (secondary N) is 2. The fraction of sp³-hybridized carbons (Fsp3) is 0.273. The summed E-state index contributed by atoms with van der Waals surface area (Å²) < 4.78 is 0. The van der Waals surface area contributed by atoms with Gasteiger partial charge in [-0.1, -0.05) is 37.8 Å². The highest BCUT2D eigenvalue weighted by molar-refractivity contribution is 5.64. The van der Waals surface area contributed by atoms with Crippen LogP contribution in [0, 0.1) is 0 Å². The summed E-state index contributed by atoms with van der Waals surface area (Å²) >= 11 is 0. The molecule has 1 aromatic rings. The van der Waals surface area contributed by atoms with E-state index in [4.69, 9.17) is 0 Å². The van der Waals surface area contributed by atoms with E-state index in [-0.39, 0.29) is 0 Å². The van der Waals surface area contributed by atoms with Crippen LogP contribution in [0.4, 0.5) is 5.69 Å². The predicted octanol–water partition coefficient (Wildman–Crippen LogP) is 2.66. The van der Waals surface area contributed by atoms with Crippen molar-refractivity contribution in [3.05, 3.63) is 36.4 Å². The summed E-state index contributed by atoms with van der Waals surface area (Å²) in [7, 11) is 0. The lowest BCUT2D eigenvalue weighted by Gasteiger charge is -2.09. The second-order valence-electron chi connectivity index (χ2n) is 2.84. The molecule has 2 N–H and O–H groups in total. The van der Waals surface area contributed by atoms with Gasteiger partial charge in [0.25, 0.3) is 0 Å². The van der Waals surface area contributed by atoms with Gasteiger partial charge in [-0.05, 0) is 18.1 Å². The third kappa shape index (κ3) is 2.92. The Bertz CT molecular complexity index is 269. The van der Waals surface area contributed by atoms with E-state index in [0.717, 1.165) is 24.2 Å². The molecule has 0 radical (unpaired) electrons. The Morgan fingerprint density at radius 1 is 1.38 bits per heavy atom. The quantitative estimate of drug-likeness (QED) is 0.532. The Hall–Kier alpha value is -1.28. The molecule has 0 saturated carbocycles. The van der Waals surface area contributed by atoms with E-state index in [1.54, 1.807) is 0 Å². The van der Waals surface area contributed by atoms with Crippen LogP contribution in [0.2, 0.25) is 0 Å². The molecule has 13 heavy (non-hydrogen) atoms. The first-order valence-corrected chi connectivity index (χ1v) is 4.58. The Morgan fingerprint density at radius 3 is 2.85 bits per heavy atom. The highest BCUT2D eigenvalue weighted by Gasteiger charge is 1.94. The average molecular weight is 176 g/mol. The van der Waals surface area contributed by atoms with Crippen molar-refractivity contribution in [2.75, 3.05) is 12.0 Å². The summed E-state index contributed by atoms with van der Waals surface area (Å²) in [5, 5.41) is 0.